The summed E-state index contributed by atoms with van der Waals surface area (Å²) in [5.74, 6) is 1.56. The summed E-state index contributed by atoms with van der Waals surface area (Å²) in [6, 6.07) is 4.21. The van der Waals surface area contributed by atoms with Crippen LogP contribution >= 0.6 is 15.9 Å². The van der Waals surface area contributed by atoms with Crippen molar-refractivity contribution in [3.8, 4) is 0 Å². The number of rotatable bonds is 1. The molecule has 96 valence electrons. The van der Waals surface area contributed by atoms with Gasteiger partial charge in [-0.1, -0.05) is 13.8 Å². The Morgan fingerprint density at radius 2 is 2.17 bits per heavy atom. The normalized spacial score (nSPS) is 19.5. The van der Waals surface area contributed by atoms with E-state index >= 15 is 0 Å². The van der Waals surface area contributed by atoms with Gasteiger partial charge < -0.3 is 0 Å². The number of aryl methyl sites for hydroxylation is 2. The fourth-order valence-corrected chi connectivity index (χ4v) is 3.34. The minimum Gasteiger partial charge on any atom is -0.300 e. The molecule has 2 aromatic heterocycles. The van der Waals surface area contributed by atoms with Gasteiger partial charge in [0.25, 0.3) is 0 Å². The molecule has 1 aliphatic carbocycles. The van der Waals surface area contributed by atoms with E-state index in [9.17, 15) is 0 Å². The lowest BCUT2D eigenvalue weighted by atomic mass is 9.82. The molecule has 0 radical (unpaired) electrons. The molecular weight excluding hydrogens is 288 g/mol. The fraction of sp³-hybridized carbons (Fsp3) is 0.533. The van der Waals surface area contributed by atoms with E-state index in [1.807, 2.05) is 0 Å². The van der Waals surface area contributed by atoms with Gasteiger partial charge in [0.05, 0.1) is 5.69 Å². The number of nitrogens with zero attached hydrogens (tertiary/aromatic N) is 2. The average molecular weight is 307 g/mol. The minimum atomic E-state index is 0.760. The summed E-state index contributed by atoms with van der Waals surface area (Å²) < 4.78 is 3.51. The maximum absolute atomic E-state index is 4.79. The second-order valence-electron chi connectivity index (χ2n) is 5.71. The second-order valence-corrected chi connectivity index (χ2v) is 6.57. The highest BCUT2D eigenvalue weighted by atomic mass is 79.9. The van der Waals surface area contributed by atoms with Gasteiger partial charge in [0.1, 0.15) is 5.65 Å². The molecule has 1 atom stereocenters. The molecule has 2 nitrogen and oxygen atoms in total. The Balaban J connectivity index is 2.17. The molecule has 0 amide bonds. The Morgan fingerprint density at radius 1 is 1.39 bits per heavy atom. The molecule has 2 heterocycles. The van der Waals surface area contributed by atoms with Crippen molar-refractivity contribution in [3.63, 3.8) is 0 Å². The van der Waals surface area contributed by atoms with Crippen LogP contribution in [0.25, 0.3) is 5.65 Å². The van der Waals surface area contributed by atoms with Crippen LogP contribution < -0.4 is 0 Å². The molecule has 1 unspecified atom stereocenters. The summed E-state index contributed by atoms with van der Waals surface area (Å²) in [6.07, 6.45) is 3.59. The Labute approximate surface area is 117 Å². The quantitative estimate of drug-likeness (QED) is 0.773. The van der Waals surface area contributed by atoms with Crippen molar-refractivity contribution in [2.75, 3.05) is 0 Å². The lowest BCUT2D eigenvalue weighted by Crippen LogP contribution is -2.20. The molecule has 0 bridgehead atoms. The molecule has 0 aliphatic heterocycles. The van der Waals surface area contributed by atoms with Gasteiger partial charge in [-0.15, -0.1) is 0 Å². The zero-order chi connectivity index (χ0) is 12.9. The van der Waals surface area contributed by atoms with Crippen molar-refractivity contribution < 1.29 is 0 Å². The second kappa shape index (κ2) is 4.37. The Hall–Kier alpha value is -0.830. The van der Waals surface area contributed by atoms with Crippen molar-refractivity contribution in [2.24, 2.45) is 11.8 Å². The van der Waals surface area contributed by atoms with E-state index in [4.69, 9.17) is 4.98 Å². The molecule has 0 spiro atoms. The maximum Gasteiger partial charge on any atom is 0.137 e. The van der Waals surface area contributed by atoms with Crippen LogP contribution in [0.3, 0.4) is 0 Å². The lowest BCUT2D eigenvalue weighted by molar-refractivity contribution is 0.337. The first-order valence-corrected chi connectivity index (χ1v) is 7.52. The van der Waals surface area contributed by atoms with Gasteiger partial charge in [0, 0.05) is 15.9 Å². The third kappa shape index (κ3) is 1.80. The predicted octanol–water partition coefficient (Wildman–Crippen LogP) is 4.17. The van der Waals surface area contributed by atoms with Crippen LogP contribution in [0.15, 0.2) is 16.6 Å². The third-order valence-electron chi connectivity index (χ3n) is 4.29. The summed E-state index contributed by atoms with van der Waals surface area (Å²) in [4.78, 5) is 4.79. The molecular formula is C15H19BrN2. The number of hydrogen-bond donors (Lipinski definition) is 0. The highest BCUT2D eigenvalue weighted by Gasteiger charge is 2.25. The predicted molar refractivity (Wildman–Crippen MR) is 78.0 cm³/mol. The zero-order valence-corrected chi connectivity index (χ0v) is 12.8. The van der Waals surface area contributed by atoms with Crippen molar-refractivity contribution in [1.82, 2.24) is 9.38 Å². The molecule has 0 saturated heterocycles. The SMILES string of the molecule is Cc1c(Br)ccc2nc3c(n12)CC(C(C)C)CC3. The number of hydrogen-bond acceptors (Lipinski definition) is 1. The van der Waals surface area contributed by atoms with Crippen LogP contribution in [0, 0.1) is 18.8 Å². The Morgan fingerprint density at radius 3 is 2.89 bits per heavy atom. The van der Waals surface area contributed by atoms with Crippen LogP contribution in [-0.4, -0.2) is 9.38 Å². The third-order valence-corrected chi connectivity index (χ3v) is 5.13. The molecule has 0 aromatic carbocycles. The van der Waals surface area contributed by atoms with E-state index < -0.39 is 0 Å². The van der Waals surface area contributed by atoms with Crippen molar-refractivity contribution >= 4 is 21.6 Å². The molecule has 0 N–H and O–H groups in total. The van der Waals surface area contributed by atoms with Crippen molar-refractivity contribution in [2.45, 2.75) is 40.0 Å². The Bertz CT molecular complexity index is 598. The van der Waals surface area contributed by atoms with Crippen LogP contribution in [0.2, 0.25) is 0 Å². The molecule has 3 rings (SSSR count). The molecule has 1 aliphatic rings. The van der Waals surface area contributed by atoms with Crippen molar-refractivity contribution in [3.05, 3.63) is 33.7 Å². The number of aromatic nitrogens is 2. The summed E-state index contributed by atoms with van der Waals surface area (Å²) in [7, 11) is 0. The number of fused-ring (bicyclic) bond motifs is 3. The molecule has 2 aromatic rings. The monoisotopic (exact) mass is 306 g/mol. The highest BCUT2D eigenvalue weighted by molar-refractivity contribution is 9.10. The largest absolute Gasteiger partial charge is 0.300 e. The molecule has 0 fully saturated rings. The summed E-state index contributed by atoms with van der Waals surface area (Å²) in [5, 5.41) is 0. The van der Waals surface area contributed by atoms with E-state index in [0.29, 0.717) is 0 Å². The smallest absolute Gasteiger partial charge is 0.137 e. The van der Waals surface area contributed by atoms with Crippen LogP contribution in [-0.2, 0) is 12.8 Å². The van der Waals surface area contributed by atoms with E-state index in [1.54, 1.807) is 0 Å². The van der Waals surface area contributed by atoms with Gasteiger partial charge in [-0.25, -0.2) is 4.98 Å². The standard InChI is InChI=1S/C15H19BrN2/c1-9(2)11-4-6-13-14(8-11)18-10(3)12(16)5-7-15(18)17-13/h5,7,9,11H,4,6,8H2,1-3H3. The van der Waals surface area contributed by atoms with Crippen LogP contribution in [0.1, 0.15) is 37.4 Å². The topological polar surface area (TPSA) is 17.3 Å². The first-order valence-electron chi connectivity index (χ1n) is 6.73. The number of imidazole rings is 1. The highest BCUT2D eigenvalue weighted by Crippen LogP contribution is 2.32. The van der Waals surface area contributed by atoms with E-state index in [2.05, 4.69) is 53.2 Å². The van der Waals surface area contributed by atoms with Crippen molar-refractivity contribution in [1.29, 1.82) is 0 Å². The van der Waals surface area contributed by atoms with Gasteiger partial charge >= 0.3 is 0 Å². The minimum absolute atomic E-state index is 0.760. The summed E-state index contributed by atoms with van der Waals surface area (Å²) in [6.45, 7) is 6.83. The lowest BCUT2D eigenvalue weighted by Gasteiger charge is -2.25. The Kier molecular flexibility index (Phi) is 2.97. The van der Waals surface area contributed by atoms with Gasteiger partial charge in [-0.05, 0) is 66.1 Å². The number of halogens is 1. The summed E-state index contributed by atoms with van der Waals surface area (Å²) >= 11 is 3.62. The van der Waals surface area contributed by atoms with Gasteiger partial charge in [0.15, 0.2) is 0 Å². The van der Waals surface area contributed by atoms with E-state index in [0.717, 1.165) is 23.9 Å². The van der Waals surface area contributed by atoms with E-state index in [-0.39, 0.29) is 0 Å². The maximum atomic E-state index is 4.79. The zero-order valence-electron chi connectivity index (χ0n) is 11.2. The summed E-state index contributed by atoms with van der Waals surface area (Å²) in [5.41, 5.74) is 5.12. The first kappa shape index (κ1) is 12.2. The number of pyridine rings is 1. The van der Waals surface area contributed by atoms with Gasteiger partial charge in [0.2, 0.25) is 0 Å². The molecule has 3 heteroatoms. The fourth-order valence-electron chi connectivity index (χ4n) is 3.03. The first-order chi connectivity index (χ1) is 8.58. The van der Waals surface area contributed by atoms with Gasteiger partial charge in [-0.2, -0.15) is 0 Å². The molecule has 18 heavy (non-hydrogen) atoms. The van der Waals surface area contributed by atoms with Crippen LogP contribution in [0.4, 0.5) is 0 Å². The average Bonchev–Trinajstić information content (AvgIpc) is 2.71. The molecule has 0 saturated carbocycles. The van der Waals surface area contributed by atoms with E-state index in [1.165, 1.54) is 34.4 Å². The van der Waals surface area contributed by atoms with Crippen LogP contribution in [0.5, 0.6) is 0 Å². The van der Waals surface area contributed by atoms with Gasteiger partial charge in [-0.3, -0.25) is 4.40 Å².